The van der Waals surface area contributed by atoms with Crippen molar-refractivity contribution in [1.29, 1.82) is 0 Å². The summed E-state index contributed by atoms with van der Waals surface area (Å²) in [4.78, 5) is 27.3. The summed E-state index contributed by atoms with van der Waals surface area (Å²) in [6, 6.07) is 15.0. The van der Waals surface area contributed by atoms with Gasteiger partial charge in [-0.25, -0.2) is 14.5 Å². The lowest BCUT2D eigenvalue weighted by Crippen LogP contribution is -2.28. The first-order chi connectivity index (χ1) is 18.1. The van der Waals surface area contributed by atoms with Crippen LogP contribution in [0.5, 0.6) is 0 Å². The number of fused-ring (bicyclic) bond motifs is 2. The molecule has 0 bridgehead atoms. The van der Waals surface area contributed by atoms with Crippen LogP contribution in [-0.4, -0.2) is 34.9 Å². The van der Waals surface area contributed by atoms with Crippen LogP contribution < -0.4 is 11.1 Å². The number of nitrogens with two attached hydrogens (primary N) is 1. The topological polar surface area (TPSA) is 116 Å². The van der Waals surface area contributed by atoms with Crippen LogP contribution in [0.1, 0.15) is 40.3 Å². The number of amides is 1. The number of pyridine rings is 1. The van der Waals surface area contributed by atoms with Gasteiger partial charge in [0.2, 0.25) is 0 Å². The summed E-state index contributed by atoms with van der Waals surface area (Å²) in [5.74, 6) is 6.22. The lowest BCUT2D eigenvalue weighted by Gasteiger charge is -2.14. The van der Waals surface area contributed by atoms with Gasteiger partial charge in [-0.1, -0.05) is 36.3 Å². The number of nitrogen functional groups attached to an aromatic ring is 1. The number of nitrogens with zero attached hydrogens (tertiary/aromatic N) is 6. The van der Waals surface area contributed by atoms with Gasteiger partial charge in [0.15, 0.2) is 16.4 Å². The average Bonchev–Trinajstić information content (AvgIpc) is 3.59. The minimum atomic E-state index is -0.436. The highest BCUT2D eigenvalue weighted by atomic mass is 32.1. The van der Waals surface area contributed by atoms with Crippen LogP contribution in [-0.2, 0) is 0 Å². The van der Waals surface area contributed by atoms with Gasteiger partial charge in [0, 0.05) is 41.3 Å². The molecule has 0 saturated carbocycles. The van der Waals surface area contributed by atoms with E-state index in [1.807, 2.05) is 59.2 Å². The van der Waals surface area contributed by atoms with E-state index in [-0.39, 0.29) is 17.3 Å². The fourth-order valence-electron chi connectivity index (χ4n) is 4.17. The third-order valence-corrected chi connectivity index (χ3v) is 6.69. The molecule has 0 radical (unpaired) electrons. The highest BCUT2D eigenvalue weighted by molar-refractivity contribution is 7.15. The van der Waals surface area contributed by atoms with Crippen LogP contribution in [0.3, 0.4) is 0 Å². The lowest BCUT2D eigenvalue weighted by molar-refractivity contribution is 0.0941. The Balaban J connectivity index is 1.42. The fourth-order valence-corrected chi connectivity index (χ4v) is 5.00. The van der Waals surface area contributed by atoms with E-state index in [9.17, 15) is 4.79 Å². The van der Waals surface area contributed by atoms with Gasteiger partial charge < -0.3 is 11.1 Å². The SMILES string of the molecule is CC(NC(=O)c1c(N)nn2cccnc12)c1nc2scc(C#Cc3ccncc3)n2c1-c1ccccc1. The number of aromatic nitrogens is 6. The van der Waals surface area contributed by atoms with Crippen molar-refractivity contribution in [3.05, 3.63) is 101 Å². The molecule has 0 aliphatic heterocycles. The third kappa shape index (κ3) is 4.07. The normalized spacial score (nSPS) is 11.8. The van der Waals surface area contributed by atoms with Crippen LogP contribution in [0.2, 0.25) is 0 Å². The molecular formula is C27H20N8OS. The molecule has 5 heterocycles. The molecule has 9 nitrogen and oxygen atoms in total. The predicted molar refractivity (Wildman–Crippen MR) is 142 cm³/mol. The summed E-state index contributed by atoms with van der Waals surface area (Å²) in [5.41, 5.74) is 10.9. The van der Waals surface area contributed by atoms with Gasteiger partial charge in [0.1, 0.15) is 11.3 Å². The summed E-state index contributed by atoms with van der Waals surface area (Å²) in [7, 11) is 0. The van der Waals surface area contributed by atoms with Gasteiger partial charge >= 0.3 is 0 Å². The largest absolute Gasteiger partial charge is 0.381 e. The maximum Gasteiger partial charge on any atom is 0.259 e. The molecular weight excluding hydrogens is 484 g/mol. The highest BCUT2D eigenvalue weighted by Gasteiger charge is 2.26. The standard InChI is InChI=1S/C27H20N8OS/c1-17(31-26(36)21-24(28)33-34-15-5-12-30-25(21)34)22-23(19-6-3-2-4-7-19)35-20(16-37-27(35)32-22)9-8-18-10-13-29-14-11-18/h2-7,10-17H,1H3,(H2,28,33)(H,31,36). The van der Waals surface area contributed by atoms with E-state index in [0.717, 1.165) is 33.2 Å². The summed E-state index contributed by atoms with van der Waals surface area (Å²) >= 11 is 1.50. The van der Waals surface area contributed by atoms with E-state index in [1.54, 1.807) is 30.9 Å². The number of rotatable bonds is 4. The van der Waals surface area contributed by atoms with Crippen molar-refractivity contribution in [2.75, 3.05) is 5.73 Å². The third-order valence-electron chi connectivity index (χ3n) is 5.86. The zero-order valence-corrected chi connectivity index (χ0v) is 20.5. The van der Waals surface area contributed by atoms with Crippen molar-refractivity contribution in [3.63, 3.8) is 0 Å². The molecule has 0 fully saturated rings. The predicted octanol–water partition coefficient (Wildman–Crippen LogP) is 3.97. The number of hydrogen-bond acceptors (Lipinski definition) is 7. The second-order valence-corrected chi connectivity index (χ2v) is 9.12. The van der Waals surface area contributed by atoms with Crippen molar-refractivity contribution in [2.24, 2.45) is 0 Å². The molecule has 1 atom stereocenters. The van der Waals surface area contributed by atoms with E-state index < -0.39 is 6.04 Å². The molecule has 0 saturated heterocycles. The number of imidazole rings is 1. The number of carbonyl (C=O) groups is 1. The molecule has 1 amide bonds. The number of hydrogen-bond donors (Lipinski definition) is 2. The minimum Gasteiger partial charge on any atom is -0.381 e. The van der Waals surface area contributed by atoms with Gasteiger partial charge in [-0.3, -0.25) is 14.2 Å². The van der Waals surface area contributed by atoms with Crippen LogP contribution in [0.4, 0.5) is 5.82 Å². The Morgan fingerprint density at radius 2 is 1.89 bits per heavy atom. The highest BCUT2D eigenvalue weighted by Crippen LogP contribution is 2.33. The first kappa shape index (κ1) is 22.5. The Labute approximate surface area is 215 Å². The van der Waals surface area contributed by atoms with Gasteiger partial charge in [-0.05, 0) is 31.0 Å². The Morgan fingerprint density at radius 3 is 2.70 bits per heavy atom. The molecule has 3 N–H and O–H groups in total. The molecule has 1 unspecified atom stereocenters. The molecule has 180 valence electrons. The number of nitrogens with one attached hydrogen (secondary N) is 1. The quantitative estimate of drug-likeness (QED) is 0.351. The molecule has 6 aromatic rings. The van der Waals surface area contributed by atoms with Crippen molar-refractivity contribution >= 4 is 33.7 Å². The summed E-state index contributed by atoms with van der Waals surface area (Å²) in [6.45, 7) is 1.90. The van der Waals surface area contributed by atoms with E-state index in [1.165, 1.54) is 15.9 Å². The molecule has 37 heavy (non-hydrogen) atoms. The molecule has 0 aliphatic carbocycles. The Morgan fingerprint density at radius 1 is 1.08 bits per heavy atom. The Bertz CT molecular complexity index is 1810. The Hall–Kier alpha value is -5.01. The van der Waals surface area contributed by atoms with E-state index in [2.05, 4.69) is 32.2 Å². The van der Waals surface area contributed by atoms with E-state index in [4.69, 9.17) is 10.7 Å². The number of benzene rings is 1. The van der Waals surface area contributed by atoms with Gasteiger partial charge in [-0.15, -0.1) is 16.4 Å². The van der Waals surface area contributed by atoms with Crippen LogP contribution in [0.15, 0.2) is 78.7 Å². The molecule has 1 aromatic carbocycles. The van der Waals surface area contributed by atoms with Gasteiger partial charge in [-0.2, -0.15) is 0 Å². The zero-order valence-electron chi connectivity index (χ0n) is 19.7. The summed E-state index contributed by atoms with van der Waals surface area (Å²) in [6.07, 6.45) is 6.73. The fraction of sp³-hybridized carbons (Fsp3) is 0.0741. The van der Waals surface area contributed by atoms with Gasteiger partial charge in [0.05, 0.1) is 17.4 Å². The first-order valence-corrected chi connectivity index (χ1v) is 12.3. The van der Waals surface area contributed by atoms with E-state index >= 15 is 0 Å². The number of thiazole rings is 1. The van der Waals surface area contributed by atoms with Crippen molar-refractivity contribution in [3.8, 4) is 23.1 Å². The van der Waals surface area contributed by atoms with Crippen LogP contribution in [0.25, 0.3) is 21.9 Å². The number of anilines is 1. The molecule has 6 rings (SSSR count). The molecule has 10 heteroatoms. The maximum atomic E-state index is 13.3. The van der Waals surface area contributed by atoms with Crippen LogP contribution >= 0.6 is 11.3 Å². The van der Waals surface area contributed by atoms with Crippen molar-refractivity contribution < 1.29 is 4.79 Å². The van der Waals surface area contributed by atoms with Crippen molar-refractivity contribution in [1.82, 2.24) is 34.3 Å². The maximum absolute atomic E-state index is 13.3. The Kier molecular flexibility index (Phi) is 5.59. The second-order valence-electron chi connectivity index (χ2n) is 8.28. The summed E-state index contributed by atoms with van der Waals surface area (Å²) in [5, 5.41) is 9.23. The molecule has 5 aromatic heterocycles. The average molecular weight is 505 g/mol. The smallest absolute Gasteiger partial charge is 0.259 e. The minimum absolute atomic E-state index is 0.117. The second kappa shape index (κ2) is 9.22. The van der Waals surface area contributed by atoms with E-state index in [0.29, 0.717) is 5.65 Å². The molecule has 0 spiro atoms. The van der Waals surface area contributed by atoms with Gasteiger partial charge in [0.25, 0.3) is 5.91 Å². The first-order valence-electron chi connectivity index (χ1n) is 11.5. The van der Waals surface area contributed by atoms with Crippen molar-refractivity contribution in [2.45, 2.75) is 13.0 Å². The number of carbonyl (C=O) groups excluding carboxylic acids is 1. The lowest BCUT2D eigenvalue weighted by atomic mass is 10.1. The van der Waals surface area contributed by atoms with Crippen LogP contribution in [0, 0.1) is 11.8 Å². The monoisotopic (exact) mass is 504 g/mol. The zero-order chi connectivity index (χ0) is 25.4. The summed E-state index contributed by atoms with van der Waals surface area (Å²) < 4.78 is 3.53. The molecule has 0 aliphatic rings.